The van der Waals surface area contributed by atoms with Gasteiger partial charge in [-0.1, -0.05) is 0 Å². The lowest BCUT2D eigenvalue weighted by atomic mass is 9.77. The largest absolute Gasteiger partial charge is 0.325 e. The summed E-state index contributed by atoms with van der Waals surface area (Å²) in [4.78, 5) is 0. The lowest BCUT2D eigenvalue weighted by molar-refractivity contribution is 0.0435. The summed E-state index contributed by atoms with van der Waals surface area (Å²) < 4.78 is 13.4. The quantitative estimate of drug-likeness (QED) is 0.626. The Bertz CT molecular complexity index is 147. The zero-order valence-electron chi connectivity index (χ0n) is 6.20. The van der Waals surface area contributed by atoms with Gasteiger partial charge in [-0.3, -0.25) is 0 Å². The van der Waals surface area contributed by atoms with Crippen LogP contribution in [0.1, 0.15) is 38.5 Å². The summed E-state index contributed by atoms with van der Waals surface area (Å²) in [6.07, 6.45) is 5.28. The van der Waals surface area contributed by atoms with Gasteiger partial charge in [0, 0.05) is 5.54 Å². The zero-order valence-corrected chi connectivity index (χ0v) is 6.20. The van der Waals surface area contributed by atoms with E-state index in [1.54, 1.807) is 0 Å². The van der Waals surface area contributed by atoms with Gasteiger partial charge in [0.1, 0.15) is 5.67 Å². The van der Waals surface area contributed by atoms with E-state index in [1.165, 1.54) is 0 Å². The molecule has 0 aromatic carbocycles. The molecule has 0 aliphatic heterocycles. The van der Waals surface area contributed by atoms with Crippen LogP contribution < -0.4 is 5.73 Å². The number of alkyl halides is 1. The molecule has 2 aliphatic carbocycles. The van der Waals surface area contributed by atoms with E-state index < -0.39 is 5.67 Å². The molecule has 2 fully saturated rings. The standard InChI is InChI=1S/C8H14FN/c9-7(2-1-3-7)6-8(10)4-5-8/h1-6,10H2. The molecule has 0 saturated heterocycles. The van der Waals surface area contributed by atoms with Crippen molar-refractivity contribution in [1.82, 2.24) is 0 Å². The zero-order chi connectivity index (χ0) is 7.24. The van der Waals surface area contributed by atoms with Crippen molar-refractivity contribution in [2.75, 3.05) is 0 Å². The van der Waals surface area contributed by atoms with E-state index in [1.807, 2.05) is 0 Å². The SMILES string of the molecule is NC1(CC2(F)CCC2)CC1. The number of nitrogens with two attached hydrogens (primary N) is 1. The first-order chi connectivity index (χ1) is 4.62. The fraction of sp³-hybridized carbons (Fsp3) is 1.00. The molecule has 0 aromatic rings. The summed E-state index contributed by atoms with van der Waals surface area (Å²) in [5, 5.41) is 0. The Balaban J connectivity index is 1.89. The Morgan fingerprint density at radius 3 is 2.10 bits per heavy atom. The second kappa shape index (κ2) is 1.73. The summed E-state index contributed by atoms with van der Waals surface area (Å²) in [6, 6.07) is 0. The molecule has 2 aliphatic rings. The van der Waals surface area contributed by atoms with E-state index in [2.05, 4.69) is 0 Å². The Hall–Kier alpha value is -0.110. The first kappa shape index (κ1) is 6.59. The molecule has 1 nitrogen and oxygen atoms in total. The monoisotopic (exact) mass is 143 g/mol. The van der Waals surface area contributed by atoms with Crippen LogP contribution >= 0.6 is 0 Å². The molecule has 2 N–H and O–H groups in total. The number of hydrogen-bond donors (Lipinski definition) is 1. The second-order valence-corrected chi connectivity index (χ2v) is 4.04. The van der Waals surface area contributed by atoms with Crippen molar-refractivity contribution in [3.8, 4) is 0 Å². The molecule has 10 heavy (non-hydrogen) atoms. The lowest BCUT2D eigenvalue weighted by Crippen LogP contribution is -2.40. The molecule has 0 spiro atoms. The molecule has 2 heteroatoms. The van der Waals surface area contributed by atoms with Crippen LogP contribution in [0.25, 0.3) is 0 Å². The summed E-state index contributed by atoms with van der Waals surface area (Å²) >= 11 is 0. The maximum atomic E-state index is 13.4. The van der Waals surface area contributed by atoms with Crippen molar-refractivity contribution < 1.29 is 4.39 Å². The average molecular weight is 143 g/mol. The minimum Gasteiger partial charge on any atom is -0.325 e. The topological polar surface area (TPSA) is 26.0 Å². The third kappa shape index (κ3) is 1.05. The highest BCUT2D eigenvalue weighted by Crippen LogP contribution is 2.48. The third-order valence-corrected chi connectivity index (χ3v) is 2.81. The summed E-state index contributed by atoms with van der Waals surface area (Å²) in [5.41, 5.74) is 4.86. The van der Waals surface area contributed by atoms with E-state index in [-0.39, 0.29) is 5.54 Å². The maximum absolute atomic E-state index is 13.4. The molecule has 0 radical (unpaired) electrons. The molecule has 0 bridgehead atoms. The van der Waals surface area contributed by atoms with Crippen LogP contribution in [0.15, 0.2) is 0 Å². The molecule has 2 rings (SSSR count). The van der Waals surface area contributed by atoms with Crippen LogP contribution in [0.3, 0.4) is 0 Å². The smallest absolute Gasteiger partial charge is 0.112 e. The number of halogens is 1. The van der Waals surface area contributed by atoms with Gasteiger partial charge in [-0.2, -0.15) is 0 Å². The minimum absolute atomic E-state index is 0.0881. The van der Waals surface area contributed by atoms with E-state index in [0.29, 0.717) is 6.42 Å². The van der Waals surface area contributed by atoms with Gasteiger partial charge >= 0.3 is 0 Å². The average Bonchev–Trinajstić information content (AvgIpc) is 2.44. The van der Waals surface area contributed by atoms with Crippen molar-refractivity contribution in [2.24, 2.45) is 5.73 Å². The van der Waals surface area contributed by atoms with Gasteiger partial charge in [0.15, 0.2) is 0 Å². The summed E-state index contributed by atoms with van der Waals surface area (Å²) in [7, 11) is 0. The van der Waals surface area contributed by atoms with Gasteiger partial charge in [-0.25, -0.2) is 4.39 Å². The van der Waals surface area contributed by atoms with E-state index in [9.17, 15) is 4.39 Å². The Labute approximate surface area is 60.8 Å². The van der Waals surface area contributed by atoms with Crippen molar-refractivity contribution >= 4 is 0 Å². The van der Waals surface area contributed by atoms with Crippen molar-refractivity contribution in [3.63, 3.8) is 0 Å². The fourth-order valence-corrected chi connectivity index (χ4v) is 1.71. The molecule has 0 unspecified atom stereocenters. The lowest BCUT2D eigenvalue weighted by Gasteiger charge is -2.35. The van der Waals surface area contributed by atoms with Crippen molar-refractivity contribution in [3.05, 3.63) is 0 Å². The van der Waals surface area contributed by atoms with E-state index in [0.717, 1.165) is 32.1 Å². The summed E-state index contributed by atoms with van der Waals surface area (Å²) in [6.45, 7) is 0. The van der Waals surface area contributed by atoms with Gasteiger partial charge in [-0.15, -0.1) is 0 Å². The van der Waals surface area contributed by atoms with Crippen LogP contribution in [0.4, 0.5) is 4.39 Å². The van der Waals surface area contributed by atoms with Gasteiger partial charge in [0.25, 0.3) is 0 Å². The number of rotatable bonds is 2. The van der Waals surface area contributed by atoms with Crippen LogP contribution in [-0.4, -0.2) is 11.2 Å². The molecular weight excluding hydrogens is 129 g/mol. The first-order valence-corrected chi connectivity index (χ1v) is 4.10. The predicted molar refractivity (Wildman–Crippen MR) is 38.5 cm³/mol. The maximum Gasteiger partial charge on any atom is 0.112 e. The molecule has 0 aromatic heterocycles. The molecule has 2 saturated carbocycles. The Morgan fingerprint density at radius 2 is 1.80 bits per heavy atom. The molecular formula is C8H14FN. The van der Waals surface area contributed by atoms with Crippen LogP contribution in [-0.2, 0) is 0 Å². The first-order valence-electron chi connectivity index (χ1n) is 4.10. The van der Waals surface area contributed by atoms with Gasteiger partial charge in [0.2, 0.25) is 0 Å². The van der Waals surface area contributed by atoms with Crippen molar-refractivity contribution in [1.29, 1.82) is 0 Å². The predicted octanol–water partition coefficient (Wildman–Crippen LogP) is 1.76. The normalized spacial score (nSPS) is 33.0. The Kier molecular flexibility index (Phi) is 1.14. The Morgan fingerprint density at radius 1 is 1.20 bits per heavy atom. The van der Waals surface area contributed by atoms with Crippen molar-refractivity contribution in [2.45, 2.75) is 49.7 Å². The summed E-state index contributed by atoms with van der Waals surface area (Å²) in [5.74, 6) is 0. The second-order valence-electron chi connectivity index (χ2n) is 4.04. The van der Waals surface area contributed by atoms with Gasteiger partial charge in [-0.05, 0) is 38.5 Å². The third-order valence-electron chi connectivity index (χ3n) is 2.81. The van der Waals surface area contributed by atoms with Gasteiger partial charge in [0.05, 0.1) is 0 Å². The van der Waals surface area contributed by atoms with Crippen LogP contribution in [0.2, 0.25) is 0 Å². The highest BCUT2D eigenvalue weighted by molar-refractivity contribution is 5.06. The highest BCUT2D eigenvalue weighted by atomic mass is 19.1. The van der Waals surface area contributed by atoms with Crippen LogP contribution in [0.5, 0.6) is 0 Å². The molecule has 0 atom stereocenters. The fourth-order valence-electron chi connectivity index (χ4n) is 1.71. The minimum atomic E-state index is -0.856. The van der Waals surface area contributed by atoms with E-state index >= 15 is 0 Å². The van der Waals surface area contributed by atoms with Gasteiger partial charge < -0.3 is 5.73 Å². The van der Waals surface area contributed by atoms with Crippen LogP contribution in [0, 0.1) is 0 Å². The highest BCUT2D eigenvalue weighted by Gasteiger charge is 2.49. The molecule has 0 heterocycles. The molecule has 0 amide bonds. The number of hydrogen-bond acceptors (Lipinski definition) is 1. The van der Waals surface area contributed by atoms with E-state index in [4.69, 9.17) is 5.73 Å². The molecule has 58 valence electrons.